The molecule has 1 fully saturated rings. The number of nitrogens with zero attached hydrogens (tertiary/aromatic N) is 3. The van der Waals surface area contributed by atoms with Gasteiger partial charge in [0, 0.05) is 44.5 Å². The Kier molecular flexibility index (Phi) is 6.38. The summed E-state index contributed by atoms with van der Waals surface area (Å²) in [6, 6.07) is 9.74. The minimum absolute atomic E-state index is 0.125. The maximum Gasteiger partial charge on any atom is 0.316 e. The maximum atomic E-state index is 12.7. The molecule has 7 nitrogen and oxygen atoms in total. The monoisotopic (exact) mass is 356 g/mol. The van der Waals surface area contributed by atoms with Gasteiger partial charge in [0.25, 0.3) is 0 Å². The number of hydrogen-bond acceptors (Lipinski definition) is 6. The van der Waals surface area contributed by atoms with Crippen LogP contribution in [-0.2, 0) is 11.2 Å². The molecule has 1 aliphatic rings. The fourth-order valence-electron chi connectivity index (χ4n) is 2.91. The number of methoxy groups -OCH3 is 1. The van der Waals surface area contributed by atoms with Crippen LogP contribution in [0.25, 0.3) is 0 Å². The van der Waals surface area contributed by atoms with E-state index in [0.29, 0.717) is 32.1 Å². The van der Waals surface area contributed by atoms with Crippen LogP contribution in [0.2, 0.25) is 0 Å². The molecular weight excluding hydrogens is 332 g/mol. The van der Waals surface area contributed by atoms with E-state index in [9.17, 15) is 4.79 Å². The zero-order chi connectivity index (χ0) is 18.2. The second-order valence-electron chi connectivity index (χ2n) is 6.28. The van der Waals surface area contributed by atoms with Crippen LogP contribution in [0.3, 0.4) is 0 Å². The number of nitrogens with one attached hydrogen (secondary N) is 1. The molecule has 26 heavy (non-hydrogen) atoms. The molecular formula is C19H24N4O3. The highest BCUT2D eigenvalue weighted by Gasteiger charge is 2.22. The highest BCUT2D eigenvalue weighted by Crippen LogP contribution is 2.14. The predicted molar refractivity (Wildman–Crippen MR) is 97.2 cm³/mol. The SMILES string of the molecule is COc1ccc(CC(=O)N2CCNC[C@@H](COc3ncccn3)C2)cc1. The Balaban J connectivity index is 1.54. The molecule has 0 bridgehead atoms. The Morgan fingerprint density at radius 3 is 2.77 bits per heavy atom. The largest absolute Gasteiger partial charge is 0.497 e. The van der Waals surface area contributed by atoms with Crippen LogP contribution >= 0.6 is 0 Å². The summed E-state index contributed by atoms with van der Waals surface area (Å²) in [7, 11) is 1.63. The van der Waals surface area contributed by atoms with Gasteiger partial charge >= 0.3 is 6.01 Å². The second kappa shape index (κ2) is 9.15. The fourth-order valence-corrected chi connectivity index (χ4v) is 2.91. The first-order valence-corrected chi connectivity index (χ1v) is 8.76. The summed E-state index contributed by atoms with van der Waals surface area (Å²) in [5.74, 6) is 1.11. The normalized spacial score (nSPS) is 17.4. The van der Waals surface area contributed by atoms with Crippen LogP contribution in [0.1, 0.15) is 5.56 Å². The first-order chi connectivity index (χ1) is 12.7. The molecule has 2 heterocycles. The van der Waals surface area contributed by atoms with Gasteiger partial charge in [-0.1, -0.05) is 12.1 Å². The maximum absolute atomic E-state index is 12.7. The van der Waals surface area contributed by atoms with E-state index in [1.165, 1.54) is 0 Å². The van der Waals surface area contributed by atoms with Gasteiger partial charge in [0.15, 0.2) is 0 Å². The highest BCUT2D eigenvalue weighted by molar-refractivity contribution is 5.78. The van der Waals surface area contributed by atoms with Gasteiger partial charge in [-0.2, -0.15) is 0 Å². The van der Waals surface area contributed by atoms with Crippen molar-refractivity contribution in [2.75, 3.05) is 39.9 Å². The van der Waals surface area contributed by atoms with Crippen LogP contribution in [0.5, 0.6) is 11.8 Å². The molecule has 7 heteroatoms. The van der Waals surface area contributed by atoms with Crippen LogP contribution in [0.15, 0.2) is 42.7 Å². The molecule has 1 atom stereocenters. The lowest BCUT2D eigenvalue weighted by Gasteiger charge is -2.24. The number of ether oxygens (including phenoxy) is 2. The van der Waals surface area contributed by atoms with Gasteiger partial charge < -0.3 is 19.7 Å². The van der Waals surface area contributed by atoms with E-state index in [1.807, 2.05) is 29.2 Å². The lowest BCUT2D eigenvalue weighted by molar-refractivity contribution is -0.130. The molecule has 1 amide bonds. The lowest BCUT2D eigenvalue weighted by atomic mass is 10.1. The number of carbonyl (C=O) groups is 1. The van der Waals surface area contributed by atoms with Crippen molar-refractivity contribution in [3.05, 3.63) is 48.3 Å². The second-order valence-corrected chi connectivity index (χ2v) is 6.28. The molecule has 0 saturated carbocycles. The van der Waals surface area contributed by atoms with Gasteiger partial charge in [-0.3, -0.25) is 4.79 Å². The van der Waals surface area contributed by atoms with E-state index in [2.05, 4.69) is 15.3 Å². The van der Waals surface area contributed by atoms with Gasteiger partial charge in [0.05, 0.1) is 20.1 Å². The van der Waals surface area contributed by atoms with Gasteiger partial charge in [0.1, 0.15) is 5.75 Å². The number of hydrogen-bond donors (Lipinski definition) is 1. The number of carbonyl (C=O) groups excluding carboxylic acids is 1. The molecule has 1 aliphatic heterocycles. The number of amides is 1. The summed E-state index contributed by atoms with van der Waals surface area (Å²) >= 11 is 0. The first-order valence-electron chi connectivity index (χ1n) is 8.76. The van der Waals surface area contributed by atoms with Crippen LogP contribution in [-0.4, -0.2) is 60.7 Å². The van der Waals surface area contributed by atoms with Crippen molar-refractivity contribution in [2.24, 2.45) is 5.92 Å². The van der Waals surface area contributed by atoms with Crippen molar-refractivity contribution in [3.63, 3.8) is 0 Å². The summed E-state index contributed by atoms with van der Waals surface area (Å²) in [6.07, 6.45) is 3.69. The van der Waals surface area contributed by atoms with E-state index in [0.717, 1.165) is 24.4 Å². The topological polar surface area (TPSA) is 76.6 Å². The molecule has 3 rings (SSSR count). The number of aromatic nitrogens is 2. The molecule has 0 unspecified atom stereocenters. The third-order valence-corrected chi connectivity index (χ3v) is 4.33. The zero-order valence-corrected chi connectivity index (χ0v) is 14.9. The Morgan fingerprint density at radius 2 is 2.04 bits per heavy atom. The Hall–Kier alpha value is -2.67. The molecule has 2 aromatic rings. The van der Waals surface area contributed by atoms with Crippen LogP contribution < -0.4 is 14.8 Å². The molecule has 0 spiro atoms. The minimum Gasteiger partial charge on any atom is -0.497 e. The molecule has 138 valence electrons. The van der Waals surface area contributed by atoms with E-state index < -0.39 is 0 Å². The van der Waals surface area contributed by atoms with Crippen molar-refractivity contribution in [1.29, 1.82) is 0 Å². The Bertz CT molecular complexity index is 694. The molecule has 0 radical (unpaired) electrons. The first kappa shape index (κ1) is 18.1. The predicted octanol–water partition coefficient (Wildman–Crippen LogP) is 1.15. The summed E-state index contributed by atoms with van der Waals surface area (Å²) < 4.78 is 10.8. The summed E-state index contributed by atoms with van der Waals surface area (Å²) in [4.78, 5) is 22.7. The van der Waals surface area contributed by atoms with Gasteiger partial charge in [-0.05, 0) is 23.8 Å². The smallest absolute Gasteiger partial charge is 0.316 e. The van der Waals surface area contributed by atoms with E-state index in [-0.39, 0.29) is 11.8 Å². The van der Waals surface area contributed by atoms with Crippen molar-refractivity contribution < 1.29 is 14.3 Å². The van der Waals surface area contributed by atoms with E-state index in [1.54, 1.807) is 25.6 Å². The highest BCUT2D eigenvalue weighted by atomic mass is 16.5. The summed E-state index contributed by atoms with van der Waals surface area (Å²) in [6.45, 7) is 3.43. The summed E-state index contributed by atoms with van der Waals surface area (Å²) in [5, 5.41) is 3.37. The van der Waals surface area contributed by atoms with Crippen LogP contribution in [0.4, 0.5) is 0 Å². The van der Waals surface area contributed by atoms with Gasteiger partial charge in [-0.15, -0.1) is 0 Å². The number of benzene rings is 1. The van der Waals surface area contributed by atoms with Gasteiger partial charge in [0.2, 0.25) is 5.91 Å². The summed E-state index contributed by atoms with van der Waals surface area (Å²) in [5.41, 5.74) is 0.985. The molecule has 1 aromatic heterocycles. The molecule has 0 aliphatic carbocycles. The van der Waals surface area contributed by atoms with E-state index >= 15 is 0 Å². The quantitative estimate of drug-likeness (QED) is 0.837. The lowest BCUT2D eigenvalue weighted by Crippen LogP contribution is -2.38. The third kappa shape index (κ3) is 5.16. The van der Waals surface area contributed by atoms with Crippen molar-refractivity contribution in [3.8, 4) is 11.8 Å². The standard InChI is InChI=1S/C19H24N4O3/c1-25-17-5-3-15(4-6-17)11-18(24)23-10-9-20-12-16(13-23)14-26-19-21-7-2-8-22-19/h2-8,16,20H,9-14H2,1H3/t16-/m1/s1. The van der Waals surface area contributed by atoms with Crippen molar-refractivity contribution in [2.45, 2.75) is 6.42 Å². The average Bonchev–Trinajstić information content (AvgIpc) is 2.94. The fraction of sp³-hybridized carbons (Fsp3) is 0.421. The number of rotatable bonds is 6. The van der Waals surface area contributed by atoms with E-state index in [4.69, 9.17) is 9.47 Å². The molecule has 1 N–H and O–H groups in total. The Labute approximate surface area is 153 Å². The average molecular weight is 356 g/mol. The van der Waals surface area contributed by atoms with Crippen LogP contribution in [0, 0.1) is 5.92 Å². The molecule has 1 saturated heterocycles. The van der Waals surface area contributed by atoms with Gasteiger partial charge in [-0.25, -0.2) is 9.97 Å². The molecule has 1 aromatic carbocycles. The minimum atomic E-state index is 0.125. The Morgan fingerprint density at radius 1 is 1.27 bits per heavy atom. The zero-order valence-electron chi connectivity index (χ0n) is 14.9. The van der Waals surface area contributed by atoms with Crippen molar-refractivity contribution in [1.82, 2.24) is 20.2 Å². The van der Waals surface area contributed by atoms with Crippen molar-refractivity contribution >= 4 is 5.91 Å². The third-order valence-electron chi connectivity index (χ3n) is 4.33.